The first-order chi connectivity index (χ1) is 14.3. The summed E-state index contributed by atoms with van der Waals surface area (Å²) < 4.78 is 33.9. The predicted molar refractivity (Wildman–Crippen MR) is 106 cm³/mol. The molecule has 30 heavy (non-hydrogen) atoms. The van der Waals surface area contributed by atoms with Gasteiger partial charge < -0.3 is 9.52 Å². The van der Waals surface area contributed by atoms with Gasteiger partial charge in [0.05, 0.1) is 11.3 Å². The van der Waals surface area contributed by atoms with E-state index in [4.69, 9.17) is 16.0 Å². The SMILES string of the molecule is Cc1ccc(C2/C(=C(/O)c3ccc(Cl)cc3)C(=O)C(=O)N2c2cc(F)ccc2F)o1. The van der Waals surface area contributed by atoms with Gasteiger partial charge in [-0.05, 0) is 55.5 Å². The maximum absolute atomic E-state index is 14.5. The maximum Gasteiger partial charge on any atom is 0.300 e. The molecule has 152 valence electrons. The lowest BCUT2D eigenvalue weighted by atomic mass is 9.99. The summed E-state index contributed by atoms with van der Waals surface area (Å²) in [5, 5.41) is 11.3. The van der Waals surface area contributed by atoms with Gasteiger partial charge in [0.1, 0.15) is 35.0 Å². The molecule has 1 fully saturated rings. The Kier molecular flexibility index (Phi) is 4.91. The summed E-state index contributed by atoms with van der Waals surface area (Å²) >= 11 is 5.87. The van der Waals surface area contributed by atoms with Crippen molar-refractivity contribution in [3.05, 3.63) is 93.9 Å². The third-order valence-electron chi connectivity index (χ3n) is 4.76. The number of rotatable bonds is 3. The number of Topliss-reactive ketones (excluding diaryl/α,β-unsaturated/α-hetero) is 1. The number of hydrogen-bond donors (Lipinski definition) is 1. The van der Waals surface area contributed by atoms with Crippen LogP contribution in [0, 0.1) is 18.6 Å². The minimum atomic E-state index is -1.29. The Labute approximate surface area is 174 Å². The van der Waals surface area contributed by atoms with Gasteiger partial charge in [-0.2, -0.15) is 0 Å². The molecule has 1 N–H and O–H groups in total. The first-order valence-corrected chi connectivity index (χ1v) is 9.24. The van der Waals surface area contributed by atoms with Crippen LogP contribution >= 0.6 is 11.6 Å². The van der Waals surface area contributed by atoms with Crippen molar-refractivity contribution < 1.29 is 27.9 Å². The zero-order valence-electron chi connectivity index (χ0n) is 15.5. The standard InChI is InChI=1S/C22H14ClF2NO4/c1-11-2-9-17(30-11)19-18(20(27)12-3-5-13(23)6-4-12)21(28)22(29)26(19)16-10-14(24)7-8-15(16)25/h2-10,19,27H,1H3/b20-18-. The minimum Gasteiger partial charge on any atom is -0.507 e. The molecule has 0 radical (unpaired) electrons. The quantitative estimate of drug-likeness (QED) is 0.355. The molecular weight excluding hydrogens is 416 g/mol. The number of aliphatic hydroxyl groups is 1. The zero-order valence-corrected chi connectivity index (χ0v) is 16.3. The van der Waals surface area contributed by atoms with Crippen LogP contribution in [0.25, 0.3) is 5.76 Å². The fourth-order valence-corrected chi connectivity index (χ4v) is 3.51. The van der Waals surface area contributed by atoms with E-state index in [0.29, 0.717) is 10.8 Å². The lowest BCUT2D eigenvalue weighted by Gasteiger charge is -2.23. The molecule has 5 nitrogen and oxygen atoms in total. The number of carbonyl (C=O) groups excluding carboxylic acids is 2. The lowest BCUT2D eigenvalue weighted by Crippen LogP contribution is -2.30. The van der Waals surface area contributed by atoms with E-state index >= 15 is 0 Å². The van der Waals surface area contributed by atoms with Gasteiger partial charge in [-0.3, -0.25) is 14.5 Å². The zero-order chi connectivity index (χ0) is 21.6. The second-order valence-electron chi connectivity index (χ2n) is 6.72. The van der Waals surface area contributed by atoms with Crippen LogP contribution in [0.1, 0.15) is 23.1 Å². The number of amides is 1. The van der Waals surface area contributed by atoms with E-state index in [1.165, 1.54) is 30.3 Å². The Morgan fingerprint density at radius 3 is 2.40 bits per heavy atom. The van der Waals surface area contributed by atoms with Crippen molar-refractivity contribution >= 4 is 34.7 Å². The molecule has 0 bridgehead atoms. The molecule has 8 heteroatoms. The Balaban J connectivity index is 1.97. The van der Waals surface area contributed by atoms with E-state index < -0.39 is 40.8 Å². The Bertz CT molecular complexity index is 1200. The van der Waals surface area contributed by atoms with Crippen molar-refractivity contribution in [3.8, 4) is 0 Å². The van der Waals surface area contributed by atoms with Crippen LogP contribution < -0.4 is 4.90 Å². The van der Waals surface area contributed by atoms with Gasteiger partial charge >= 0.3 is 0 Å². The van der Waals surface area contributed by atoms with Crippen LogP contribution in [0.2, 0.25) is 5.02 Å². The van der Waals surface area contributed by atoms with Gasteiger partial charge in [0.15, 0.2) is 0 Å². The van der Waals surface area contributed by atoms with Crippen molar-refractivity contribution in [2.45, 2.75) is 13.0 Å². The molecule has 1 amide bonds. The Morgan fingerprint density at radius 1 is 1.07 bits per heavy atom. The molecule has 1 atom stereocenters. The lowest BCUT2D eigenvalue weighted by molar-refractivity contribution is -0.132. The molecule has 1 aromatic heterocycles. The molecule has 2 aromatic carbocycles. The molecule has 3 aromatic rings. The predicted octanol–water partition coefficient (Wildman–Crippen LogP) is 5.15. The monoisotopic (exact) mass is 429 g/mol. The number of benzene rings is 2. The molecule has 4 rings (SSSR count). The third kappa shape index (κ3) is 3.27. The summed E-state index contributed by atoms with van der Waals surface area (Å²) in [5.74, 6) is -3.76. The van der Waals surface area contributed by atoms with E-state index in [2.05, 4.69) is 0 Å². The number of aliphatic hydroxyl groups excluding tert-OH is 1. The Morgan fingerprint density at radius 2 is 1.77 bits per heavy atom. The summed E-state index contributed by atoms with van der Waals surface area (Å²) in [6, 6.07) is 10.3. The number of halogens is 3. The fraction of sp³-hybridized carbons (Fsp3) is 0.0909. The number of hydrogen-bond acceptors (Lipinski definition) is 4. The highest BCUT2D eigenvalue weighted by Gasteiger charge is 2.49. The summed E-state index contributed by atoms with van der Waals surface area (Å²) in [6.07, 6.45) is 0. The number of furan rings is 1. The second kappa shape index (κ2) is 7.42. The summed E-state index contributed by atoms with van der Waals surface area (Å²) in [4.78, 5) is 26.5. The van der Waals surface area contributed by atoms with Gasteiger partial charge in [-0.1, -0.05) is 11.6 Å². The van der Waals surface area contributed by atoms with Crippen LogP contribution in [-0.4, -0.2) is 16.8 Å². The van der Waals surface area contributed by atoms with Crippen molar-refractivity contribution in [2.75, 3.05) is 4.90 Å². The average Bonchev–Trinajstić information content (AvgIpc) is 3.25. The first-order valence-electron chi connectivity index (χ1n) is 8.86. The van der Waals surface area contributed by atoms with Crippen molar-refractivity contribution in [1.82, 2.24) is 0 Å². The van der Waals surface area contributed by atoms with Gasteiger partial charge in [0, 0.05) is 16.7 Å². The number of carbonyl (C=O) groups is 2. The summed E-state index contributed by atoms with van der Waals surface area (Å²) in [5.41, 5.74) is -0.517. The van der Waals surface area contributed by atoms with E-state index in [1.807, 2.05) is 0 Å². The van der Waals surface area contributed by atoms with E-state index in [-0.39, 0.29) is 16.9 Å². The number of ketones is 1. The number of anilines is 1. The first kappa shape index (κ1) is 19.8. The highest BCUT2D eigenvalue weighted by Crippen LogP contribution is 2.43. The fourth-order valence-electron chi connectivity index (χ4n) is 3.38. The van der Waals surface area contributed by atoms with Gasteiger partial charge in [-0.25, -0.2) is 8.78 Å². The van der Waals surface area contributed by atoms with E-state index in [1.54, 1.807) is 13.0 Å². The van der Waals surface area contributed by atoms with E-state index in [9.17, 15) is 23.5 Å². The third-order valence-corrected chi connectivity index (χ3v) is 5.01. The highest BCUT2D eigenvalue weighted by molar-refractivity contribution is 6.51. The van der Waals surface area contributed by atoms with Crippen LogP contribution in [0.3, 0.4) is 0 Å². The summed E-state index contributed by atoms with van der Waals surface area (Å²) in [7, 11) is 0. The number of aryl methyl sites for hydroxylation is 1. The molecular formula is C22H14ClF2NO4. The van der Waals surface area contributed by atoms with Crippen molar-refractivity contribution in [1.29, 1.82) is 0 Å². The van der Waals surface area contributed by atoms with Gasteiger partial charge in [-0.15, -0.1) is 0 Å². The molecule has 1 unspecified atom stereocenters. The number of nitrogens with zero attached hydrogens (tertiary/aromatic N) is 1. The smallest absolute Gasteiger partial charge is 0.300 e. The van der Waals surface area contributed by atoms with Crippen molar-refractivity contribution in [3.63, 3.8) is 0 Å². The van der Waals surface area contributed by atoms with Crippen LogP contribution in [-0.2, 0) is 9.59 Å². The molecule has 0 spiro atoms. The minimum absolute atomic E-state index is 0.117. The molecule has 1 aliphatic rings. The van der Waals surface area contributed by atoms with Gasteiger partial charge in [0.2, 0.25) is 0 Å². The van der Waals surface area contributed by atoms with Crippen LogP contribution in [0.5, 0.6) is 0 Å². The molecule has 0 aliphatic carbocycles. The van der Waals surface area contributed by atoms with E-state index in [0.717, 1.165) is 23.1 Å². The molecule has 1 aliphatic heterocycles. The molecule has 2 heterocycles. The topological polar surface area (TPSA) is 70.8 Å². The van der Waals surface area contributed by atoms with Crippen LogP contribution in [0.4, 0.5) is 14.5 Å². The Hall–Kier alpha value is -3.45. The average molecular weight is 430 g/mol. The molecule has 1 saturated heterocycles. The highest BCUT2D eigenvalue weighted by atomic mass is 35.5. The summed E-state index contributed by atoms with van der Waals surface area (Å²) in [6.45, 7) is 1.65. The van der Waals surface area contributed by atoms with Crippen LogP contribution in [0.15, 0.2) is 64.6 Å². The van der Waals surface area contributed by atoms with Crippen molar-refractivity contribution in [2.24, 2.45) is 0 Å². The largest absolute Gasteiger partial charge is 0.507 e. The maximum atomic E-state index is 14.5. The van der Waals surface area contributed by atoms with Gasteiger partial charge in [0.25, 0.3) is 11.7 Å². The normalized spacial score (nSPS) is 18.3. The second-order valence-corrected chi connectivity index (χ2v) is 7.16. The molecule has 0 saturated carbocycles.